The van der Waals surface area contributed by atoms with Gasteiger partial charge in [-0.05, 0) is 36.6 Å². The Labute approximate surface area is 191 Å². The summed E-state index contributed by atoms with van der Waals surface area (Å²) in [6.45, 7) is 0.218. The van der Waals surface area contributed by atoms with E-state index in [1.165, 1.54) is 4.31 Å². The molecule has 33 heavy (non-hydrogen) atoms. The summed E-state index contributed by atoms with van der Waals surface area (Å²) in [6, 6.07) is 11.6. The van der Waals surface area contributed by atoms with Crippen LogP contribution in [0.1, 0.15) is 30.3 Å². The Bertz CT molecular complexity index is 1240. The molecule has 1 atom stereocenters. The van der Waals surface area contributed by atoms with Gasteiger partial charge in [-0.3, -0.25) is 4.79 Å². The molecule has 2 heterocycles. The fourth-order valence-electron chi connectivity index (χ4n) is 4.00. The highest BCUT2D eigenvalue weighted by Crippen LogP contribution is 2.27. The molecule has 0 saturated carbocycles. The van der Waals surface area contributed by atoms with Crippen molar-refractivity contribution in [3.63, 3.8) is 0 Å². The summed E-state index contributed by atoms with van der Waals surface area (Å²) in [5, 5.41) is 3.06. The van der Waals surface area contributed by atoms with E-state index in [4.69, 9.17) is 0 Å². The van der Waals surface area contributed by atoms with Crippen LogP contribution < -0.4 is 5.32 Å². The monoisotopic (exact) mass is 474 g/mol. The van der Waals surface area contributed by atoms with Crippen LogP contribution in [-0.2, 0) is 21.9 Å². The highest BCUT2D eigenvalue weighted by atomic mass is 32.2. The maximum Gasteiger partial charge on any atom is 0.243 e. The molecule has 1 amide bonds. The fraction of sp³-hybridized carbons (Fsp3) is 0.304. The van der Waals surface area contributed by atoms with Gasteiger partial charge in [-0.2, -0.15) is 4.31 Å². The Hall–Kier alpha value is -3.11. The number of carbonyl (C=O) groups excluding carboxylic acids is 1. The molecule has 0 radical (unpaired) electrons. The molecule has 1 aliphatic heterocycles. The second-order valence-electron chi connectivity index (χ2n) is 8.00. The van der Waals surface area contributed by atoms with Crippen molar-refractivity contribution in [3.05, 3.63) is 83.9 Å². The molecule has 1 saturated heterocycles. The minimum atomic E-state index is -3.98. The van der Waals surface area contributed by atoms with Crippen molar-refractivity contribution >= 4 is 15.9 Å². The highest BCUT2D eigenvalue weighted by molar-refractivity contribution is 7.89. The van der Waals surface area contributed by atoms with Gasteiger partial charge in [0.25, 0.3) is 0 Å². The van der Waals surface area contributed by atoms with Gasteiger partial charge in [-0.1, -0.05) is 30.3 Å². The molecule has 0 aliphatic carbocycles. The predicted octanol–water partition coefficient (Wildman–Crippen LogP) is 3.00. The third-order valence-electron chi connectivity index (χ3n) is 5.89. The minimum absolute atomic E-state index is 0.109. The number of aryl methyl sites for hydroxylation is 1. The molecular formula is C23H24F2N4O3S. The summed E-state index contributed by atoms with van der Waals surface area (Å²) in [7, 11) is -2.12. The lowest BCUT2D eigenvalue weighted by Gasteiger charge is -2.31. The summed E-state index contributed by atoms with van der Waals surface area (Å²) >= 11 is 0. The highest BCUT2D eigenvalue weighted by Gasteiger charge is 2.33. The number of halogens is 2. The Morgan fingerprint density at radius 2 is 1.79 bits per heavy atom. The number of piperidine rings is 1. The molecule has 1 fully saturated rings. The quantitative estimate of drug-likeness (QED) is 0.595. The van der Waals surface area contributed by atoms with Crippen molar-refractivity contribution in [2.75, 3.05) is 13.1 Å². The van der Waals surface area contributed by atoms with Crippen molar-refractivity contribution < 1.29 is 22.0 Å². The zero-order valence-electron chi connectivity index (χ0n) is 18.0. The SMILES string of the molecule is Cn1ccnc1[C@@H](NC(=O)C1CCN(S(=O)(=O)c2ccc(F)c(F)c2)CC1)c1ccccc1. The van der Waals surface area contributed by atoms with Crippen molar-refractivity contribution in [1.82, 2.24) is 19.2 Å². The molecule has 174 valence electrons. The molecule has 4 rings (SSSR count). The van der Waals surface area contributed by atoms with Crippen molar-refractivity contribution in [2.45, 2.75) is 23.8 Å². The van der Waals surface area contributed by atoms with Gasteiger partial charge in [-0.25, -0.2) is 22.2 Å². The van der Waals surface area contributed by atoms with Gasteiger partial charge >= 0.3 is 0 Å². The number of carbonyl (C=O) groups is 1. The number of imidazole rings is 1. The van der Waals surface area contributed by atoms with Gasteiger partial charge in [0.05, 0.1) is 4.90 Å². The molecule has 7 nitrogen and oxygen atoms in total. The molecule has 10 heteroatoms. The van der Waals surface area contributed by atoms with Crippen LogP contribution in [0.3, 0.4) is 0 Å². The summed E-state index contributed by atoms with van der Waals surface area (Å²) < 4.78 is 55.4. The Balaban J connectivity index is 1.45. The van der Waals surface area contributed by atoms with E-state index < -0.39 is 27.7 Å². The number of aromatic nitrogens is 2. The molecular weight excluding hydrogens is 450 g/mol. The molecule has 0 unspecified atom stereocenters. The minimum Gasteiger partial charge on any atom is -0.342 e. The summed E-state index contributed by atoms with van der Waals surface area (Å²) in [4.78, 5) is 17.2. The summed E-state index contributed by atoms with van der Waals surface area (Å²) in [5.74, 6) is -2.20. The third-order valence-corrected chi connectivity index (χ3v) is 7.78. The molecule has 3 aromatic rings. The number of hydrogen-bond donors (Lipinski definition) is 1. The lowest BCUT2D eigenvalue weighted by atomic mass is 9.96. The van der Waals surface area contributed by atoms with Gasteiger partial charge in [0.15, 0.2) is 11.6 Å². The first-order chi connectivity index (χ1) is 15.8. The topological polar surface area (TPSA) is 84.3 Å². The number of sulfonamides is 1. The first-order valence-electron chi connectivity index (χ1n) is 10.5. The third kappa shape index (κ3) is 4.81. The predicted molar refractivity (Wildman–Crippen MR) is 117 cm³/mol. The number of nitrogens with zero attached hydrogens (tertiary/aromatic N) is 3. The smallest absolute Gasteiger partial charge is 0.243 e. The van der Waals surface area contributed by atoms with E-state index in [0.29, 0.717) is 24.7 Å². The van der Waals surface area contributed by atoms with Crippen molar-refractivity contribution in [3.8, 4) is 0 Å². The zero-order valence-corrected chi connectivity index (χ0v) is 18.8. The lowest BCUT2D eigenvalue weighted by molar-refractivity contribution is -0.126. The standard InChI is InChI=1S/C23H24F2N4O3S/c1-28-14-11-26-22(28)21(16-5-3-2-4-6-16)27-23(30)17-9-12-29(13-10-17)33(31,32)18-7-8-19(24)20(25)15-18/h2-8,11,14-15,17,21H,9-10,12-13H2,1H3,(H,27,30)/t21-/m0/s1. The van der Waals surface area contributed by atoms with Gasteiger partial charge in [0, 0.05) is 38.4 Å². The van der Waals surface area contributed by atoms with E-state index in [-0.39, 0.29) is 29.8 Å². The Kier molecular flexibility index (Phi) is 6.57. The first kappa shape index (κ1) is 23.1. The van der Waals surface area contributed by atoms with Gasteiger partial charge in [-0.15, -0.1) is 0 Å². The van der Waals surface area contributed by atoms with Gasteiger partial charge in [0.2, 0.25) is 15.9 Å². The van der Waals surface area contributed by atoms with E-state index in [1.807, 2.05) is 41.9 Å². The van der Waals surface area contributed by atoms with Crippen LogP contribution in [0.25, 0.3) is 0 Å². The van der Waals surface area contributed by atoms with Crippen molar-refractivity contribution in [2.24, 2.45) is 13.0 Å². The van der Waals surface area contributed by atoms with Crippen LogP contribution in [0.2, 0.25) is 0 Å². The second-order valence-corrected chi connectivity index (χ2v) is 9.94. The molecule has 2 aromatic carbocycles. The van der Waals surface area contributed by atoms with E-state index in [9.17, 15) is 22.0 Å². The first-order valence-corrected chi connectivity index (χ1v) is 12.0. The number of amides is 1. The summed E-state index contributed by atoms with van der Waals surface area (Å²) in [6.07, 6.45) is 4.10. The van der Waals surface area contributed by atoms with E-state index >= 15 is 0 Å². The maximum absolute atomic E-state index is 13.5. The number of benzene rings is 2. The molecule has 1 N–H and O–H groups in total. The summed E-state index contributed by atoms with van der Waals surface area (Å²) in [5.41, 5.74) is 0.888. The van der Waals surface area contributed by atoms with Crippen LogP contribution >= 0.6 is 0 Å². The van der Waals surface area contributed by atoms with E-state index in [0.717, 1.165) is 17.7 Å². The second kappa shape index (κ2) is 9.40. The molecule has 0 bridgehead atoms. The largest absolute Gasteiger partial charge is 0.342 e. The van der Waals surface area contributed by atoms with E-state index in [1.54, 1.807) is 12.4 Å². The van der Waals surface area contributed by atoms with Gasteiger partial charge < -0.3 is 9.88 Å². The number of rotatable bonds is 6. The lowest BCUT2D eigenvalue weighted by Crippen LogP contribution is -2.44. The Morgan fingerprint density at radius 1 is 1.09 bits per heavy atom. The van der Waals surface area contributed by atoms with Crippen LogP contribution in [0.4, 0.5) is 8.78 Å². The van der Waals surface area contributed by atoms with E-state index in [2.05, 4.69) is 10.3 Å². The Morgan fingerprint density at radius 3 is 2.39 bits per heavy atom. The van der Waals surface area contributed by atoms with Crippen molar-refractivity contribution in [1.29, 1.82) is 0 Å². The maximum atomic E-state index is 13.5. The van der Waals surface area contributed by atoms with Gasteiger partial charge in [0.1, 0.15) is 11.9 Å². The van der Waals surface area contributed by atoms with Crippen LogP contribution in [0, 0.1) is 17.6 Å². The average Bonchev–Trinajstić information content (AvgIpc) is 3.25. The molecule has 0 spiro atoms. The van der Waals surface area contributed by atoms with Crippen LogP contribution in [-0.4, -0.2) is 41.3 Å². The number of nitrogens with one attached hydrogen (secondary N) is 1. The average molecular weight is 475 g/mol. The normalized spacial score (nSPS) is 16.5. The fourth-order valence-corrected chi connectivity index (χ4v) is 5.48. The van der Waals surface area contributed by atoms with Crippen LogP contribution in [0.15, 0.2) is 65.8 Å². The number of hydrogen-bond acceptors (Lipinski definition) is 4. The van der Waals surface area contributed by atoms with Crippen LogP contribution in [0.5, 0.6) is 0 Å². The molecule has 1 aliphatic rings. The molecule has 1 aromatic heterocycles. The zero-order chi connectivity index (χ0) is 23.6.